The highest BCUT2D eigenvalue weighted by Crippen LogP contribution is 2.71. The molecule has 3 aliphatic rings. The Morgan fingerprint density at radius 2 is 0.466 bits per heavy atom. The van der Waals surface area contributed by atoms with Crippen LogP contribution in [0.15, 0.2) is 340 Å². The van der Waals surface area contributed by atoms with Crippen LogP contribution in [0.5, 0.6) is 0 Å². The van der Waals surface area contributed by atoms with Crippen LogP contribution in [0.2, 0.25) is 0 Å². The molecule has 0 N–H and O–H groups in total. The van der Waals surface area contributed by atoms with E-state index in [1.165, 1.54) is 86.8 Å². The van der Waals surface area contributed by atoms with Crippen molar-refractivity contribution in [2.24, 2.45) is 0 Å². The topological polar surface area (TPSA) is 13.0 Å². The Labute approximate surface area is 521 Å². The van der Waals surface area contributed by atoms with Crippen LogP contribution in [0.25, 0.3) is 20.9 Å². The van der Waals surface area contributed by atoms with Gasteiger partial charge in [0.1, 0.15) is 0 Å². The van der Waals surface area contributed by atoms with Gasteiger partial charge >= 0.3 is 0 Å². The highest BCUT2D eigenvalue weighted by Gasteiger charge is 2.61. The van der Waals surface area contributed by atoms with E-state index in [4.69, 9.17) is 0 Å². The molecule has 0 unspecified atom stereocenters. The maximum Gasteiger partial charge on any atom is 0.0850 e. The van der Waals surface area contributed by atoms with Crippen molar-refractivity contribution >= 4 is 90.9 Å². The third-order valence-corrected chi connectivity index (χ3v) is 20.7. The van der Waals surface area contributed by atoms with Gasteiger partial charge in [0.05, 0.1) is 33.6 Å². The van der Waals surface area contributed by atoms with Crippen molar-refractivity contribution in [3.05, 3.63) is 383 Å². The van der Waals surface area contributed by atoms with Crippen molar-refractivity contribution in [1.29, 1.82) is 0 Å². The van der Waals surface area contributed by atoms with Crippen molar-refractivity contribution in [3.8, 4) is 20.9 Å². The fourth-order valence-corrected chi connectivity index (χ4v) is 17.4. The van der Waals surface area contributed by atoms with E-state index in [0.717, 1.165) is 45.5 Å². The van der Waals surface area contributed by atoms with Gasteiger partial charge in [0.15, 0.2) is 0 Å². The van der Waals surface area contributed by atoms with Gasteiger partial charge in [-0.1, -0.05) is 206 Å². The molecule has 4 heterocycles. The summed E-state index contributed by atoms with van der Waals surface area (Å²) in [6.45, 7) is 0. The molecule has 2 spiro atoms. The Morgan fingerprint density at radius 1 is 0.227 bits per heavy atom. The first kappa shape index (κ1) is 51.6. The minimum Gasteiger partial charge on any atom is -0.311 e. The first-order valence-corrected chi connectivity index (χ1v) is 31.7. The van der Waals surface area contributed by atoms with Gasteiger partial charge in [-0.3, -0.25) is 0 Å². The fraction of sp³-hybridized carbons (Fsp3) is 0.0244. The predicted octanol–water partition coefficient (Wildman–Crippen LogP) is 22.7. The van der Waals surface area contributed by atoms with E-state index in [-0.39, 0.29) is 0 Å². The summed E-state index contributed by atoms with van der Waals surface area (Å²) >= 11 is 3.92. The van der Waals surface area contributed by atoms with Gasteiger partial charge in [-0.2, -0.15) is 0 Å². The zero-order chi connectivity index (χ0) is 58.2. The molecule has 0 amide bonds. The third-order valence-electron chi connectivity index (χ3n) is 18.1. The molecule has 14 aromatic rings. The number of fused-ring (bicyclic) bond motifs is 14. The fourth-order valence-electron chi connectivity index (χ4n) is 14.5. The molecule has 4 nitrogen and oxygen atoms in total. The van der Waals surface area contributed by atoms with E-state index in [0.29, 0.717) is 0 Å². The number of anilines is 12. The lowest BCUT2D eigenvalue weighted by Crippen LogP contribution is -2.47. The van der Waals surface area contributed by atoms with Gasteiger partial charge in [0.2, 0.25) is 0 Å². The average molecular weight is 1160 g/mol. The molecule has 0 bridgehead atoms. The standard InChI is InChI=1S/C82H56N4S2/c1-7-27-59(28-8-1)83(60-29-9-2-10-30-60)65-51-47-57(48-52-65)77-55-71-79(87-77)82(69-41-21-25-45-75(69)86(64-37-17-6-18-38-64)76-46-26-22-42-70(76)82)72-56-78(58-49-53-66(54-50-58)84(61-31-11-3-12-32-61)62-33-13-4-14-34-62)88-80(72)81(71)67-39-19-23-43-73(67)85(63-35-15-5-16-36-63)74-44-24-20-40-68(74)81/h1-56H. The van der Waals surface area contributed by atoms with Gasteiger partial charge in [-0.15, -0.1) is 22.7 Å². The lowest BCUT2D eigenvalue weighted by atomic mass is 9.53. The molecule has 0 radical (unpaired) electrons. The van der Waals surface area contributed by atoms with Crippen LogP contribution in [0.3, 0.4) is 0 Å². The Balaban J connectivity index is 0.958. The molecule has 17 rings (SSSR count). The summed E-state index contributed by atoms with van der Waals surface area (Å²) in [6, 6.07) is 126. The summed E-state index contributed by atoms with van der Waals surface area (Å²) in [5.41, 5.74) is 22.0. The molecule has 1 aliphatic carbocycles. The number of para-hydroxylation sites is 10. The van der Waals surface area contributed by atoms with Crippen LogP contribution in [0.4, 0.5) is 68.2 Å². The molecule has 0 fully saturated rings. The first-order chi connectivity index (χ1) is 43.7. The molecule has 0 atom stereocenters. The average Bonchev–Trinajstić information content (AvgIpc) is 1.26. The normalized spacial score (nSPS) is 13.6. The third kappa shape index (κ3) is 7.89. The van der Waals surface area contributed by atoms with Crippen molar-refractivity contribution in [2.75, 3.05) is 19.6 Å². The maximum atomic E-state index is 2.60. The van der Waals surface area contributed by atoms with Gasteiger partial charge in [0.25, 0.3) is 0 Å². The van der Waals surface area contributed by atoms with E-state index in [2.05, 4.69) is 359 Å². The molecule has 12 aromatic carbocycles. The SMILES string of the molecule is c1ccc(N(c2ccccc2)c2ccc(-c3cc4c(s3)C3(c5ccccc5N(c5ccccc5)c5ccccc53)c3cc(-c5ccc(N(c6ccccc6)c6ccccc6)cc5)sc3C43c4ccccc4N(c4ccccc4)c4ccccc43)cc2)cc1. The molecule has 2 aromatic heterocycles. The smallest absolute Gasteiger partial charge is 0.0850 e. The van der Waals surface area contributed by atoms with Crippen LogP contribution in [-0.4, -0.2) is 0 Å². The second kappa shape index (κ2) is 21.0. The molecule has 2 aliphatic heterocycles. The number of thiophene rings is 2. The van der Waals surface area contributed by atoms with Gasteiger partial charge in [0, 0.05) is 65.0 Å². The largest absolute Gasteiger partial charge is 0.311 e. The number of nitrogens with zero attached hydrogens (tertiary/aromatic N) is 4. The van der Waals surface area contributed by atoms with Crippen molar-refractivity contribution in [1.82, 2.24) is 0 Å². The Kier molecular flexibility index (Phi) is 12.3. The van der Waals surface area contributed by atoms with E-state index < -0.39 is 10.8 Å². The molecular weight excluding hydrogens is 1110 g/mol. The summed E-state index contributed by atoms with van der Waals surface area (Å²) < 4.78 is 0. The quantitative estimate of drug-likeness (QED) is 0.135. The zero-order valence-electron chi connectivity index (χ0n) is 47.9. The summed E-state index contributed by atoms with van der Waals surface area (Å²) in [4.78, 5) is 14.8. The summed E-state index contributed by atoms with van der Waals surface area (Å²) in [5, 5.41) is 0. The highest BCUT2D eigenvalue weighted by atomic mass is 32.1. The zero-order valence-corrected chi connectivity index (χ0v) is 49.6. The van der Waals surface area contributed by atoms with Crippen molar-refractivity contribution in [2.45, 2.75) is 10.8 Å². The maximum absolute atomic E-state index is 2.60. The van der Waals surface area contributed by atoms with E-state index in [9.17, 15) is 0 Å². The van der Waals surface area contributed by atoms with E-state index in [1.54, 1.807) is 0 Å². The predicted molar refractivity (Wildman–Crippen MR) is 369 cm³/mol. The Morgan fingerprint density at radius 3 is 0.750 bits per heavy atom. The number of hydrogen-bond acceptors (Lipinski definition) is 6. The van der Waals surface area contributed by atoms with E-state index in [1.807, 2.05) is 22.7 Å². The highest BCUT2D eigenvalue weighted by molar-refractivity contribution is 7.17. The number of benzene rings is 12. The number of hydrogen-bond donors (Lipinski definition) is 0. The summed E-state index contributed by atoms with van der Waals surface area (Å²) in [5.74, 6) is 0. The second-order valence-corrected chi connectivity index (χ2v) is 24.8. The van der Waals surface area contributed by atoms with Crippen LogP contribution >= 0.6 is 22.7 Å². The molecular formula is C82H56N4S2. The number of rotatable bonds is 10. The minimum absolute atomic E-state index is 0.777. The summed E-state index contributed by atoms with van der Waals surface area (Å²) in [6.07, 6.45) is 0. The van der Waals surface area contributed by atoms with Crippen LogP contribution in [0, 0.1) is 0 Å². The molecule has 0 saturated heterocycles. The van der Waals surface area contributed by atoms with Crippen molar-refractivity contribution in [3.63, 3.8) is 0 Å². The monoisotopic (exact) mass is 1160 g/mol. The lowest BCUT2D eigenvalue weighted by Gasteiger charge is -2.53. The molecule has 416 valence electrons. The molecule has 88 heavy (non-hydrogen) atoms. The Bertz CT molecular complexity index is 4320. The van der Waals surface area contributed by atoms with Gasteiger partial charge in [-0.25, -0.2) is 0 Å². The van der Waals surface area contributed by atoms with E-state index >= 15 is 0 Å². The van der Waals surface area contributed by atoms with Crippen LogP contribution < -0.4 is 19.6 Å². The minimum atomic E-state index is -0.777. The van der Waals surface area contributed by atoms with Gasteiger partial charge in [-0.05, 0) is 178 Å². The second-order valence-electron chi connectivity index (χ2n) is 22.7. The molecule has 6 heteroatoms. The summed E-state index contributed by atoms with van der Waals surface area (Å²) in [7, 11) is 0. The van der Waals surface area contributed by atoms with Crippen LogP contribution in [0.1, 0.15) is 43.1 Å². The molecule has 0 saturated carbocycles. The first-order valence-electron chi connectivity index (χ1n) is 30.1. The Hall–Kier alpha value is -10.8. The lowest BCUT2D eigenvalue weighted by molar-refractivity contribution is 0.634. The van der Waals surface area contributed by atoms with Crippen LogP contribution in [-0.2, 0) is 10.8 Å². The van der Waals surface area contributed by atoms with Crippen molar-refractivity contribution < 1.29 is 0 Å². The van der Waals surface area contributed by atoms with Gasteiger partial charge < -0.3 is 19.6 Å².